The van der Waals surface area contributed by atoms with Crippen LogP contribution in [0.4, 0.5) is 0 Å². The van der Waals surface area contributed by atoms with Crippen LogP contribution in [0.15, 0.2) is 0 Å². The van der Waals surface area contributed by atoms with E-state index in [1.807, 2.05) is 6.92 Å². The lowest BCUT2D eigenvalue weighted by Crippen LogP contribution is -2.36. The third-order valence-corrected chi connectivity index (χ3v) is 2.92. The summed E-state index contributed by atoms with van der Waals surface area (Å²) < 4.78 is 4.67. The van der Waals surface area contributed by atoms with Crippen molar-refractivity contribution in [3.63, 3.8) is 0 Å². The molecule has 1 atom stereocenters. The average molecular weight is 199 g/mol. The van der Waals surface area contributed by atoms with Gasteiger partial charge in [0.2, 0.25) is 0 Å². The summed E-state index contributed by atoms with van der Waals surface area (Å²) in [4.78, 5) is 11.1. The highest BCUT2D eigenvalue weighted by molar-refractivity contribution is 5.72. The number of esters is 1. The molecule has 1 fully saturated rings. The Kier molecular flexibility index (Phi) is 4.94. The van der Waals surface area contributed by atoms with E-state index in [9.17, 15) is 4.79 Å². The molecule has 0 unspecified atom stereocenters. The number of hydrogen-bond donors (Lipinski definition) is 1. The Morgan fingerprint density at radius 1 is 1.43 bits per heavy atom. The zero-order valence-electron chi connectivity index (χ0n) is 9.21. The SMILES string of the molecule is COC(=O)[C@H](C)CNC1CCCCC1. The zero-order chi connectivity index (χ0) is 10.4. The Labute approximate surface area is 86.2 Å². The van der Waals surface area contributed by atoms with Gasteiger partial charge in [-0.3, -0.25) is 4.79 Å². The van der Waals surface area contributed by atoms with E-state index in [1.54, 1.807) is 0 Å². The van der Waals surface area contributed by atoms with Gasteiger partial charge in [-0.1, -0.05) is 26.2 Å². The van der Waals surface area contributed by atoms with Crippen molar-refractivity contribution in [2.75, 3.05) is 13.7 Å². The van der Waals surface area contributed by atoms with E-state index >= 15 is 0 Å². The van der Waals surface area contributed by atoms with E-state index < -0.39 is 0 Å². The van der Waals surface area contributed by atoms with Crippen LogP contribution in [0.5, 0.6) is 0 Å². The molecule has 0 aliphatic heterocycles. The molecule has 0 heterocycles. The van der Waals surface area contributed by atoms with Gasteiger partial charge in [0.1, 0.15) is 0 Å². The first kappa shape index (κ1) is 11.5. The molecule has 0 aromatic heterocycles. The minimum Gasteiger partial charge on any atom is -0.469 e. The van der Waals surface area contributed by atoms with Gasteiger partial charge < -0.3 is 10.1 Å². The van der Waals surface area contributed by atoms with Gasteiger partial charge in [0, 0.05) is 12.6 Å². The molecule has 0 saturated heterocycles. The molecule has 0 amide bonds. The molecule has 1 saturated carbocycles. The van der Waals surface area contributed by atoms with Gasteiger partial charge in [-0.25, -0.2) is 0 Å². The van der Waals surface area contributed by atoms with Crippen LogP contribution in [0.25, 0.3) is 0 Å². The summed E-state index contributed by atoms with van der Waals surface area (Å²) in [5, 5.41) is 3.44. The van der Waals surface area contributed by atoms with Crippen LogP contribution in [0.2, 0.25) is 0 Å². The van der Waals surface area contributed by atoms with Crippen LogP contribution in [0.1, 0.15) is 39.0 Å². The van der Waals surface area contributed by atoms with Gasteiger partial charge in [-0.2, -0.15) is 0 Å². The predicted octanol–water partition coefficient (Wildman–Crippen LogP) is 1.72. The quantitative estimate of drug-likeness (QED) is 0.701. The molecular weight excluding hydrogens is 178 g/mol. The first-order valence-electron chi connectivity index (χ1n) is 5.55. The molecule has 0 radical (unpaired) electrons. The minimum absolute atomic E-state index is 0.0260. The fourth-order valence-corrected chi connectivity index (χ4v) is 1.93. The number of rotatable bonds is 4. The molecule has 1 rings (SSSR count). The van der Waals surface area contributed by atoms with E-state index in [2.05, 4.69) is 10.1 Å². The number of carbonyl (C=O) groups is 1. The van der Waals surface area contributed by atoms with Crippen LogP contribution >= 0.6 is 0 Å². The number of hydrogen-bond acceptors (Lipinski definition) is 3. The van der Waals surface area contributed by atoms with Crippen molar-refractivity contribution < 1.29 is 9.53 Å². The van der Waals surface area contributed by atoms with Crippen LogP contribution < -0.4 is 5.32 Å². The molecule has 0 spiro atoms. The third kappa shape index (κ3) is 3.66. The Morgan fingerprint density at radius 3 is 2.64 bits per heavy atom. The Balaban J connectivity index is 2.15. The lowest BCUT2D eigenvalue weighted by atomic mass is 9.95. The Bertz CT molecular complexity index is 176. The maximum atomic E-state index is 11.1. The molecule has 82 valence electrons. The predicted molar refractivity (Wildman–Crippen MR) is 56.1 cm³/mol. The second kappa shape index (κ2) is 6.02. The van der Waals surface area contributed by atoms with Gasteiger partial charge in [-0.05, 0) is 12.8 Å². The number of methoxy groups -OCH3 is 1. The standard InChI is InChI=1S/C11H21NO2/c1-9(11(13)14-2)8-12-10-6-4-3-5-7-10/h9-10,12H,3-8H2,1-2H3/t9-/m1/s1. The molecule has 14 heavy (non-hydrogen) atoms. The fraction of sp³-hybridized carbons (Fsp3) is 0.909. The highest BCUT2D eigenvalue weighted by atomic mass is 16.5. The first-order valence-corrected chi connectivity index (χ1v) is 5.55. The number of ether oxygens (including phenoxy) is 1. The van der Waals surface area contributed by atoms with Crippen molar-refractivity contribution in [1.29, 1.82) is 0 Å². The molecule has 1 N–H and O–H groups in total. The van der Waals surface area contributed by atoms with Crippen LogP contribution in [-0.2, 0) is 9.53 Å². The third-order valence-electron chi connectivity index (χ3n) is 2.92. The zero-order valence-corrected chi connectivity index (χ0v) is 9.21. The maximum Gasteiger partial charge on any atom is 0.309 e. The lowest BCUT2D eigenvalue weighted by molar-refractivity contribution is -0.144. The largest absolute Gasteiger partial charge is 0.469 e. The van der Waals surface area contributed by atoms with Crippen molar-refractivity contribution in [1.82, 2.24) is 5.32 Å². The summed E-state index contributed by atoms with van der Waals surface area (Å²) in [6.07, 6.45) is 6.53. The van der Waals surface area contributed by atoms with Crippen LogP contribution in [0.3, 0.4) is 0 Å². The normalized spacial score (nSPS) is 20.4. The molecule has 1 aliphatic rings. The topological polar surface area (TPSA) is 38.3 Å². The fourth-order valence-electron chi connectivity index (χ4n) is 1.93. The number of carbonyl (C=O) groups excluding carboxylic acids is 1. The maximum absolute atomic E-state index is 11.1. The second-order valence-electron chi connectivity index (χ2n) is 4.17. The van der Waals surface area contributed by atoms with E-state index in [1.165, 1.54) is 39.2 Å². The van der Waals surface area contributed by atoms with Crippen LogP contribution in [-0.4, -0.2) is 25.7 Å². The molecule has 3 heteroatoms. The molecular formula is C11H21NO2. The Hall–Kier alpha value is -0.570. The van der Waals surface area contributed by atoms with E-state index in [0.29, 0.717) is 6.04 Å². The van der Waals surface area contributed by atoms with E-state index in [0.717, 1.165) is 6.54 Å². The van der Waals surface area contributed by atoms with Crippen molar-refractivity contribution in [3.8, 4) is 0 Å². The van der Waals surface area contributed by atoms with Crippen molar-refractivity contribution in [3.05, 3.63) is 0 Å². The highest BCUT2D eigenvalue weighted by Crippen LogP contribution is 2.17. The lowest BCUT2D eigenvalue weighted by Gasteiger charge is -2.23. The minimum atomic E-state index is -0.117. The molecule has 0 aromatic rings. The molecule has 0 aromatic carbocycles. The van der Waals surface area contributed by atoms with E-state index in [-0.39, 0.29) is 11.9 Å². The average Bonchev–Trinajstić information content (AvgIpc) is 2.26. The second-order valence-corrected chi connectivity index (χ2v) is 4.17. The smallest absolute Gasteiger partial charge is 0.309 e. The number of nitrogens with one attached hydrogen (secondary N) is 1. The van der Waals surface area contributed by atoms with Gasteiger partial charge in [-0.15, -0.1) is 0 Å². The van der Waals surface area contributed by atoms with Gasteiger partial charge >= 0.3 is 5.97 Å². The first-order chi connectivity index (χ1) is 6.74. The van der Waals surface area contributed by atoms with Crippen molar-refractivity contribution in [2.45, 2.75) is 45.1 Å². The summed E-state index contributed by atoms with van der Waals surface area (Å²) in [5.41, 5.74) is 0. The van der Waals surface area contributed by atoms with Crippen molar-refractivity contribution in [2.24, 2.45) is 5.92 Å². The summed E-state index contributed by atoms with van der Waals surface area (Å²) in [5.74, 6) is -0.143. The highest BCUT2D eigenvalue weighted by Gasteiger charge is 2.17. The van der Waals surface area contributed by atoms with Gasteiger partial charge in [0.05, 0.1) is 13.0 Å². The summed E-state index contributed by atoms with van der Waals surface area (Å²) in [7, 11) is 1.44. The van der Waals surface area contributed by atoms with Gasteiger partial charge in [0.25, 0.3) is 0 Å². The molecule has 3 nitrogen and oxygen atoms in total. The van der Waals surface area contributed by atoms with E-state index in [4.69, 9.17) is 0 Å². The Morgan fingerprint density at radius 2 is 2.07 bits per heavy atom. The molecule has 1 aliphatic carbocycles. The summed E-state index contributed by atoms with van der Waals surface area (Å²) in [6.45, 7) is 2.65. The summed E-state index contributed by atoms with van der Waals surface area (Å²) >= 11 is 0. The van der Waals surface area contributed by atoms with Crippen LogP contribution in [0, 0.1) is 5.92 Å². The van der Waals surface area contributed by atoms with Crippen molar-refractivity contribution >= 4 is 5.97 Å². The summed E-state index contributed by atoms with van der Waals surface area (Å²) in [6, 6.07) is 0.621. The van der Waals surface area contributed by atoms with Gasteiger partial charge in [0.15, 0.2) is 0 Å². The molecule has 0 bridgehead atoms. The monoisotopic (exact) mass is 199 g/mol.